The molecule has 0 saturated heterocycles. The van der Waals surface area contributed by atoms with Crippen LogP contribution in [0.3, 0.4) is 0 Å². The molecule has 0 amide bonds. The number of hydrogen-bond acceptors (Lipinski definition) is 3. The molecule has 1 aromatic carbocycles. The van der Waals surface area contributed by atoms with Crippen LogP contribution in [0.5, 0.6) is 0 Å². The molecule has 1 heterocycles. The number of pyridine rings is 1. The van der Waals surface area contributed by atoms with Crippen LogP contribution in [0.1, 0.15) is 5.56 Å². The van der Waals surface area contributed by atoms with Crippen molar-refractivity contribution in [2.75, 3.05) is 5.73 Å². The van der Waals surface area contributed by atoms with Crippen LogP contribution in [-0.2, 0) is 6.42 Å². The van der Waals surface area contributed by atoms with E-state index in [0.29, 0.717) is 5.69 Å². The van der Waals surface area contributed by atoms with Gasteiger partial charge in [-0.05, 0) is 6.07 Å². The summed E-state index contributed by atoms with van der Waals surface area (Å²) in [6.07, 6.45) is 1.95. The summed E-state index contributed by atoms with van der Waals surface area (Å²) in [6.45, 7) is 0. The first-order valence-corrected chi connectivity index (χ1v) is 4.98. The van der Waals surface area contributed by atoms with E-state index in [1.165, 1.54) is 0 Å². The first kappa shape index (κ1) is 10.2. The molecule has 16 heavy (non-hydrogen) atoms. The Hall–Kier alpha value is -2.34. The summed E-state index contributed by atoms with van der Waals surface area (Å²) in [5.41, 5.74) is 9.06. The van der Waals surface area contributed by atoms with Gasteiger partial charge in [-0.25, -0.2) is 0 Å². The fraction of sp³-hybridized carbons (Fsp3) is 0.0769. The molecule has 0 spiro atoms. The monoisotopic (exact) mass is 209 g/mol. The maximum atomic E-state index is 8.78. The zero-order chi connectivity index (χ0) is 11.4. The van der Waals surface area contributed by atoms with E-state index in [1.54, 1.807) is 12.3 Å². The largest absolute Gasteiger partial charge is 0.398 e. The van der Waals surface area contributed by atoms with Crippen LogP contribution in [0.2, 0.25) is 0 Å². The molecule has 2 rings (SSSR count). The minimum Gasteiger partial charge on any atom is -0.398 e. The molecule has 2 N–H and O–H groups in total. The molecule has 0 atom stereocenters. The van der Waals surface area contributed by atoms with Crippen LogP contribution in [0.15, 0.2) is 42.6 Å². The zero-order valence-electron chi connectivity index (χ0n) is 8.72. The summed E-state index contributed by atoms with van der Waals surface area (Å²) in [5, 5.41) is 8.78. The van der Waals surface area contributed by atoms with Crippen LogP contribution >= 0.6 is 0 Å². The Morgan fingerprint density at radius 2 is 1.94 bits per heavy atom. The average molecular weight is 209 g/mol. The van der Waals surface area contributed by atoms with E-state index in [4.69, 9.17) is 11.0 Å². The highest BCUT2D eigenvalue weighted by atomic mass is 14.7. The molecule has 0 unspecified atom stereocenters. The highest BCUT2D eigenvalue weighted by Gasteiger charge is 2.08. The average Bonchev–Trinajstić information content (AvgIpc) is 2.33. The predicted molar refractivity (Wildman–Crippen MR) is 63.4 cm³/mol. The fourth-order valence-electron chi connectivity index (χ4n) is 1.62. The van der Waals surface area contributed by atoms with Crippen molar-refractivity contribution < 1.29 is 0 Å². The number of nitriles is 1. The summed E-state index contributed by atoms with van der Waals surface area (Å²) in [5.74, 6) is 0. The number of anilines is 1. The molecule has 78 valence electrons. The minimum atomic E-state index is 0.282. The van der Waals surface area contributed by atoms with Crippen molar-refractivity contribution in [3.05, 3.63) is 48.2 Å². The lowest BCUT2D eigenvalue weighted by Gasteiger charge is -2.08. The second-order valence-electron chi connectivity index (χ2n) is 3.43. The molecule has 1 aromatic heterocycles. The second-order valence-corrected chi connectivity index (χ2v) is 3.43. The highest BCUT2D eigenvalue weighted by molar-refractivity contribution is 5.69. The lowest BCUT2D eigenvalue weighted by molar-refractivity contribution is 1.20. The lowest BCUT2D eigenvalue weighted by atomic mass is 10.0. The van der Waals surface area contributed by atoms with Gasteiger partial charge in [-0.15, -0.1) is 0 Å². The van der Waals surface area contributed by atoms with E-state index in [0.717, 1.165) is 16.8 Å². The van der Waals surface area contributed by atoms with Crippen LogP contribution < -0.4 is 5.73 Å². The van der Waals surface area contributed by atoms with Crippen molar-refractivity contribution in [3.8, 4) is 17.3 Å². The van der Waals surface area contributed by atoms with E-state index < -0.39 is 0 Å². The van der Waals surface area contributed by atoms with Crippen LogP contribution in [0, 0.1) is 11.3 Å². The van der Waals surface area contributed by atoms with Gasteiger partial charge < -0.3 is 5.73 Å². The SMILES string of the molecule is N#CCc1c(N)ccnc1-c1ccccc1. The van der Waals surface area contributed by atoms with Crippen molar-refractivity contribution in [2.24, 2.45) is 0 Å². The maximum Gasteiger partial charge on any atom is 0.0764 e. The number of rotatable bonds is 2. The molecule has 0 fully saturated rings. The molecule has 0 aliphatic carbocycles. The Kier molecular flexibility index (Phi) is 2.84. The molecule has 0 aliphatic rings. The molecule has 0 saturated carbocycles. The van der Waals surface area contributed by atoms with Gasteiger partial charge >= 0.3 is 0 Å². The van der Waals surface area contributed by atoms with E-state index in [9.17, 15) is 0 Å². The van der Waals surface area contributed by atoms with Gasteiger partial charge in [-0.2, -0.15) is 5.26 Å². The van der Waals surface area contributed by atoms with Gasteiger partial charge in [-0.1, -0.05) is 30.3 Å². The van der Waals surface area contributed by atoms with Gasteiger partial charge in [0.2, 0.25) is 0 Å². The lowest BCUT2D eigenvalue weighted by Crippen LogP contribution is -1.98. The summed E-state index contributed by atoms with van der Waals surface area (Å²) in [4.78, 5) is 4.30. The van der Waals surface area contributed by atoms with Crippen molar-refractivity contribution >= 4 is 5.69 Å². The smallest absolute Gasteiger partial charge is 0.0764 e. The van der Waals surface area contributed by atoms with Gasteiger partial charge in [0, 0.05) is 23.0 Å². The fourth-order valence-corrected chi connectivity index (χ4v) is 1.62. The second kappa shape index (κ2) is 4.45. The first-order chi connectivity index (χ1) is 7.83. The van der Waals surface area contributed by atoms with Crippen LogP contribution in [0.25, 0.3) is 11.3 Å². The quantitative estimate of drug-likeness (QED) is 0.826. The normalized spacial score (nSPS) is 9.69. The number of nitrogens with zero attached hydrogens (tertiary/aromatic N) is 2. The molecule has 3 heteroatoms. The van der Waals surface area contributed by atoms with Gasteiger partial charge in [0.05, 0.1) is 18.2 Å². The highest BCUT2D eigenvalue weighted by Crippen LogP contribution is 2.25. The van der Waals surface area contributed by atoms with Gasteiger partial charge in [0.15, 0.2) is 0 Å². The van der Waals surface area contributed by atoms with Crippen molar-refractivity contribution in [1.82, 2.24) is 4.98 Å². The summed E-state index contributed by atoms with van der Waals surface area (Å²) in [6, 6.07) is 13.6. The number of hydrogen-bond donors (Lipinski definition) is 1. The van der Waals surface area contributed by atoms with E-state index in [-0.39, 0.29) is 6.42 Å². The van der Waals surface area contributed by atoms with E-state index in [1.807, 2.05) is 30.3 Å². The third kappa shape index (κ3) is 1.86. The topological polar surface area (TPSA) is 62.7 Å². The van der Waals surface area contributed by atoms with Crippen molar-refractivity contribution in [1.29, 1.82) is 5.26 Å². The maximum absolute atomic E-state index is 8.78. The van der Waals surface area contributed by atoms with Gasteiger partial charge in [-0.3, -0.25) is 4.98 Å². The van der Waals surface area contributed by atoms with Crippen LogP contribution in [0.4, 0.5) is 5.69 Å². The molecule has 0 bridgehead atoms. The Balaban J connectivity index is 2.57. The Morgan fingerprint density at radius 1 is 1.19 bits per heavy atom. The van der Waals surface area contributed by atoms with Gasteiger partial charge in [0.25, 0.3) is 0 Å². The number of nitrogens with two attached hydrogens (primary N) is 1. The number of nitrogen functional groups attached to an aromatic ring is 1. The number of aromatic nitrogens is 1. The van der Waals surface area contributed by atoms with E-state index >= 15 is 0 Å². The summed E-state index contributed by atoms with van der Waals surface area (Å²) < 4.78 is 0. The van der Waals surface area contributed by atoms with Crippen LogP contribution in [-0.4, -0.2) is 4.98 Å². The van der Waals surface area contributed by atoms with Crippen molar-refractivity contribution in [3.63, 3.8) is 0 Å². The van der Waals surface area contributed by atoms with Gasteiger partial charge in [0.1, 0.15) is 0 Å². The molecular formula is C13H11N3. The molecule has 0 aliphatic heterocycles. The third-order valence-electron chi connectivity index (χ3n) is 2.40. The minimum absolute atomic E-state index is 0.282. The Labute approximate surface area is 94.2 Å². The molecule has 0 radical (unpaired) electrons. The molecule has 2 aromatic rings. The zero-order valence-corrected chi connectivity index (χ0v) is 8.72. The predicted octanol–water partition coefficient (Wildman–Crippen LogP) is 2.40. The standard InChI is InChI=1S/C13H11N3/c14-8-6-11-12(15)7-9-16-13(11)10-4-2-1-3-5-10/h1-5,7,9H,6H2,(H2,15,16). The first-order valence-electron chi connectivity index (χ1n) is 4.98. The Bertz CT molecular complexity index is 527. The third-order valence-corrected chi connectivity index (χ3v) is 2.40. The molecular weight excluding hydrogens is 198 g/mol. The van der Waals surface area contributed by atoms with E-state index in [2.05, 4.69) is 11.1 Å². The summed E-state index contributed by atoms with van der Waals surface area (Å²) >= 11 is 0. The summed E-state index contributed by atoms with van der Waals surface area (Å²) in [7, 11) is 0. The van der Waals surface area contributed by atoms with Crippen molar-refractivity contribution in [2.45, 2.75) is 6.42 Å². The molecule has 3 nitrogen and oxygen atoms in total. The number of benzene rings is 1. The Morgan fingerprint density at radius 3 is 2.62 bits per heavy atom.